The molecule has 0 spiro atoms. The van der Waals surface area contributed by atoms with Gasteiger partial charge in [0, 0.05) is 19.6 Å². The summed E-state index contributed by atoms with van der Waals surface area (Å²) in [5.74, 6) is 1.87. The van der Waals surface area contributed by atoms with Gasteiger partial charge in [-0.3, -0.25) is 0 Å². The van der Waals surface area contributed by atoms with Gasteiger partial charge in [0.1, 0.15) is 0 Å². The van der Waals surface area contributed by atoms with E-state index < -0.39 is 0 Å². The Morgan fingerprint density at radius 2 is 1.75 bits per heavy atom. The highest BCUT2D eigenvalue weighted by atomic mass is 32.1. The van der Waals surface area contributed by atoms with Gasteiger partial charge in [-0.25, -0.2) is 0 Å². The van der Waals surface area contributed by atoms with Crippen molar-refractivity contribution >= 4 is 17.3 Å². The lowest BCUT2D eigenvalue weighted by Gasteiger charge is -2.26. The highest BCUT2D eigenvalue weighted by molar-refractivity contribution is 7.80. The molecule has 2 fully saturated rings. The predicted molar refractivity (Wildman–Crippen MR) is 72.5 cm³/mol. The Hall–Kier alpha value is -0.310. The molecule has 16 heavy (non-hydrogen) atoms. The Balaban J connectivity index is 1.71. The van der Waals surface area contributed by atoms with E-state index in [2.05, 4.69) is 17.1 Å². The molecular weight excluding hydrogens is 216 g/mol. The van der Waals surface area contributed by atoms with Crippen molar-refractivity contribution in [1.82, 2.24) is 10.2 Å². The summed E-state index contributed by atoms with van der Waals surface area (Å²) in [6.07, 6.45) is 8.12. The summed E-state index contributed by atoms with van der Waals surface area (Å²) in [4.78, 5) is 2.43. The van der Waals surface area contributed by atoms with Gasteiger partial charge in [-0.2, -0.15) is 0 Å². The van der Waals surface area contributed by atoms with E-state index >= 15 is 0 Å². The Morgan fingerprint density at radius 1 is 1.19 bits per heavy atom. The van der Waals surface area contributed by atoms with Crippen molar-refractivity contribution in [2.45, 2.75) is 45.4 Å². The highest BCUT2D eigenvalue weighted by Gasteiger charge is 2.30. The van der Waals surface area contributed by atoms with Gasteiger partial charge >= 0.3 is 0 Å². The van der Waals surface area contributed by atoms with Crippen LogP contribution in [0.15, 0.2) is 0 Å². The van der Waals surface area contributed by atoms with Gasteiger partial charge in [-0.05, 0) is 56.2 Å². The predicted octanol–water partition coefficient (Wildman–Crippen LogP) is 2.78. The van der Waals surface area contributed by atoms with E-state index in [-0.39, 0.29) is 0 Å². The van der Waals surface area contributed by atoms with E-state index in [0.29, 0.717) is 0 Å². The molecule has 92 valence electrons. The fourth-order valence-electron chi connectivity index (χ4n) is 1.95. The largest absolute Gasteiger partial charge is 0.363 e. The van der Waals surface area contributed by atoms with E-state index in [9.17, 15) is 0 Å². The lowest BCUT2D eigenvalue weighted by atomic mass is 10.3. The molecule has 0 aromatic rings. The normalized spacial score (nSPS) is 19.6. The van der Waals surface area contributed by atoms with Gasteiger partial charge in [0.05, 0.1) is 0 Å². The quantitative estimate of drug-likeness (QED) is 0.544. The monoisotopic (exact) mass is 240 g/mol. The van der Waals surface area contributed by atoms with Crippen LogP contribution in [0.25, 0.3) is 0 Å². The van der Waals surface area contributed by atoms with Crippen molar-refractivity contribution in [2.75, 3.05) is 19.6 Å². The molecule has 1 N–H and O–H groups in total. The third-order valence-corrected chi connectivity index (χ3v) is 3.85. The Morgan fingerprint density at radius 3 is 2.19 bits per heavy atom. The summed E-state index contributed by atoms with van der Waals surface area (Å²) in [5, 5.41) is 4.41. The van der Waals surface area contributed by atoms with Crippen LogP contribution in [0.2, 0.25) is 0 Å². The fraction of sp³-hybridized carbons (Fsp3) is 0.923. The zero-order valence-corrected chi connectivity index (χ0v) is 11.2. The molecule has 3 heteroatoms. The van der Waals surface area contributed by atoms with E-state index in [4.69, 9.17) is 12.2 Å². The van der Waals surface area contributed by atoms with Crippen LogP contribution in [0.4, 0.5) is 0 Å². The minimum Gasteiger partial charge on any atom is -0.363 e. The minimum absolute atomic E-state index is 0.935. The van der Waals surface area contributed by atoms with Crippen molar-refractivity contribution in [3.63, 3.8) is 0 Å². The molecule has 0 aromatic carbocycles. The fourth-order valence-corrected chi connectivity index (χ4v) is 2.20. The molecule has 2 nitrogen and oxygen atoms in total. The van der Waals surface area contributed by atoms with Crippen LogP contribution < -0.4 is 5.32 Å². The minimum atomic E-state index is 0.935. The van der Waals surface area contributed by atoms with Crippen LogP contribution in [0.5, 0.6) is 0 Å². The van der Waals surface area contributed by atoms with Crippen molar-refractivity contribution in [3.8, 4) is 0 Å². The average molecular weight is 240 g/mol. The number of thiocarbonyl (C=S) groups is 1. The summed E-state index contributed by atoms with van der Waals surface area (Å²) in [7, 11) is 0. The molecule has 0 amide bonds. The summed E-state index contributed by atoms with van der Waals surface area (Å²) in [6.45, 7) is 5.67. The summed E-state index contributed by atoms with van der Waals surface area (Å²) < 4.78 is 0. The lowest BCUT2D eigenvalue weighted by Crippen LogP contribution is -2.42. The van der Waals surface area contributed by atoms with Crippen molar-refractivity contribution < 1.29 is 0 Å². The van der Waals surface area contributed by atoms with Crippen molar-refractivity contribution in [1.29, 1.82) is 0 Å². The summed E-state index contributed by atoms with van der Waals surface area (Å²) in [6, 6.07) is 0. The third-order valence-electron chi connectivity index (χ3n) is 3.44. The molecule has 0 aromatic heterocycles. The van der Waals surface area contributed by atoms with Crippen LogP contribution in [-0.2, 0) is 0 Å². The Labute approximate surface area is 105 Å². The molecule has 0 radical (unpaired) electrons. The van der Waals surface area contributed by atoms with E-state index in [1.54, 1.807) is 0 Å². The first kappa shape index (κ1) is 12.2. The number of hydrogen-bond donors (Lipinski definition) is 1. The Kier molecular flexibility index (Phi) is 4.45. The lowest BCUT2D eigenvalue weighted by molar-refractivity contribution is 0.377. The molecule has 0 heterocycles. The van der Waals surface area contributed by atoms with Crippen LogP contribution in [-0.4, -0.2) is 29.6 Å². The zero-order valence-electron chi connectivity index (χ0n) is 10.4. The maximum absolute atomic E-state index is 5.50. The van der Waals surface area contributed by atoms with Crippen LogP contribution in [0.1, 0.15) is 45.4 Å². The second-order valence-corrected chi connectivity index (χ2v) is 5.76. The SMILES string of the molecule is CCCCNC(=S)N(CC1CC1)CC1CC1. The van der Waals surface area contributed by atoms with E-state index in [1.165, 1.54) is 51.6 Å². The van der Waals surface area contributed by atoms with Gasteiger partial charge in [0.15, 0.2) is 5.11 Å². The molecular formula is C13H24N2S. The first-order chi connectivity index (χ1) is 7.79. The number of unbranched alkanes of at least 4 members (excludes halogenated alkanes) is 1. The molecule has 2 aliphatic carbocycles. The van der Waals surface area contributed by atoms with Crippen molar-refractivity contribution in [2.24, 2.45) is 11.8 Å². The van der Waals surface area contributed by atoms with E-state index in [0.717, 1.165) is 23.5 Å². The molecule has 0 bridgehead atoms. The molecule has 0 unspecified atom stereocenters. The average Bonchev–Trinajstić information content (AvgIpc) is 3.11. The number of nitrogens with one attached hydrogen (secondary N) is 1. The van der Waals surface area contributed by atoms with Gasteiger partial charge in [0.2, 0.25) is 0 Å². The zero-order chi connectivity index (χ0) is 11.4. The summed E-state index contributed by atoms with van der Waals surface area (Å²) in [5.41, 5.74) is 0. The first-order valence-electron chi connectivity index (χ1n) is 6.82. The van der Waals surface area contributed by atoms with Crippen LogP contribution in [0, 0.1) is 11.8 Å². The molecule has 0 atom stereocenters. The topological polar surface area (TPSA) is 15.3 Å². The highest BCUT2D eigenvalue weighted by Crippen LogP contribution is 2.33. The molecule has 0 saturated heterocycles. The van der Waals surface area contributed by atoms with Gasteiger partial charge in [-0.1, -0.05) is 13.3 Å². The maximum Gasteiger partial charge on any atom is 0.168 e. The van der Waals surface area contributed by atoms with Gasteiger partial charge in [-0.15, -0.1) is 0 Å². The van der Waals surface area contributed by atoms with Gasteiger partial charge in [0.25, 0.3) is 0 Å². The standard InChI is InChI=1S/C13H24N2S/c1-2-3-8-14-13(16)15(9-11-4-5-11)10-12-6-7-12/h11-12H,2-10H2,1H3,(H,14,16). The van der Waals surface area contributed by atoms with Crippen molar-refractivity contribution in [3.05, 3.63) is 0 Å². The second-order valence-electron chi connectivity index (χ2n) is 5.38. The molecule has 2 rings (SSSR count). The summed E-state index contributed by atoms with van der Waals surface area (Å²) >= 11 is 5.50. The van der Waals surface area contributed by atoms with Crippen LogP contribution in [0.3, 0.4) is 0 Å². The van der Waals surface area contributed by atoms with Gasteiger partial charge < -0.3 is 10.2 Å². The first-order valence-corrected chi connectivity index (χ1v) is 7.23. The number of nitrogens with zero attached hydrogens (tertiary/aromatic N) is 1. The Bertz CT molecular complexity index is 220. The molecule has 2 aliphatic rings. The second kappa shape index (κ2) is 5.85. The maximum atomic E-state index is 5.50. The molecule has 0 aliphatic heterocycles. The number of hydrogen-bond acceptors (Lipinski definition) is 1. The van der Waals surface area contributed by atoms with Crippen LogP contribution >= 0.6 is 12.2 Å². The smallest absolute Gasteiger partial charge is 0.168 e. The number of rotatable bonds is 7. The molecule has 2 saturated carbocycles. The third kappa shape index (κ3) is 4.28. The van der Waals surface area contributed by atoms with E-state index in [1.807, 2.05) is 0 Å².